The van der Waals surface area contributed by atoms with E-state index in [1.54, 1.807) is 6.08 Å². The molecule has 0 spiro atoms. The minimum absolute atomic E-state index is 0.149. The Hall–Kier alpha value is -1.81. The molecular weight excluding hydrogens is 240 g/mol. The van der Waals surface area contributed by atoms with Crippen LogP contribution in [0.5, 0.6) is 5.75 Å². The van der Waals surface area contributed by atoms with Gasteiger partial charge in [0, 0.05) is 18.2 Å². The maximum atomic E-state index is 11.7. The van der Waals surface area contributed by atoms with Crippen molar-refractivity contribution in [2.45, 2.75) is 26.3 Å². The molecule has 1 aromatic rings. The SMILES string of the molecule is CCOc1ccc(/C=C/C(=O)NC(C)(C)CN)cc1. The fourth-order valence-corrected chi connectivity index (χ4v) is 1.44. The lowest BCUT2D eigenvalue weighted by atomic mass is 10.1. The molecule has 1 amide bonds. The first-order valence-electron chi connectivity index (χ1n) is 6.40. The fraction of sp³-hybridized carbons (Fsp3) is 0.400. The molecule has 1 rings (SSSR count). The first-order chi connectivity index (χ1) is 8.96. The number of carbonyl (C=O) groups excluding carboxylic acids is 1. The Kier molecular flexibility index (Phi) is 5.57. The molecule has 0 aliphatic heterocycles. The van der Waals surface area contributed by atoms with E-state index in [1.165, 1.54) is 6.08 Å². The number of carbonyl (C=O) groups is 1. The Morgan fingerprint density at radius 2 is 2.00 bits per heavy atom. The van der Waals surface area contributed by atoms with Gasteiger partial charge in [-0.2, -0.15) is 0 Å². The predicted octanol–water partition coefficient (Wildman–Crippen LogP) is 1.95. The van der Waals surface area contributed by atoms with Crippen LogP contribution in [0.15, 0.2) is 30.3 Å². The van der Waals surface area contributed by atoms with Gasteiger partial charge in [-0.15, -0.1) is 0 Å². The van der Waals surface area contributed by atoms with Gasteiger partial charge >= 0.3 is 0 Å². The van der Waals surface area contributed by atoms with E-state index < -0.39 is 0 Å². The number of rotatable bonds is 6. The molecule has 104 valence electrons. The van der Waals surface area contributed by atoms with Crippen molar-refractivity contribution in [2.75, 3.05) is 13.2 Å². The Morgan fingerprint density at radius 3 is 2.53 bits per heavy atom. The van der Waals surface area contributed by atoms with Crippen LogP contribution in [-0.4, -0.2) is 24.6 Å². The first-order valence-corrected chi connectivity index (χ1v) is 6.40. The van der Waals surface area contributed by atoms with Crippen molar-refractivity contribution in [1.29, 1.82) is 0 Å². The lowest BCUT2D eigenvalue weighted by Gasteiger charge is -2.23. The summed E-state index contributed by atoms with van der Waals surface area (Å²) in [6.45, 7) is 6.75. The van der Waals surface area contributed by atoms with Crippen LogP contribution in [0.25, 0.3) is 6.08 Å². The molecule has 0 unspecified atom stereocenters. The fourth-order valence-electron chi connectivity index (χ4n) is 1.44. The van der Waals surface area contributed by atoms with Crippen LogP contribution in [0.4, 0.5) is 0 Å². The summed E-state index contributed by atoms with van der Waals surface area (Å²) in [7, 11) is 0. The van der Waals surface area contributed by atoms with E-state index in [1.807, 2.05) is 45.0 Å². The highest BCUT2D eigenvalue weighted by Gasteiger charge is 2.16. The number of nitrogens with one attached hydrogen (secondary N) is 1. The first kappa shape index (κ1) is 15.2. The summed E-state index contributed by atoms with van der Waals surface area (Å²) in [5.41, 5.74) is 6.11. The van der Waals surface area contributed by atoms with Crippen molar-refractivity contribution in [3.8, 4) is 5.75 Å². The van der Waals surface area contributed by atoms with Gasteiger partial charge in [-0.05, 0) is 44.5 Å². The molecule has 0 aliphatic rings. The summed E-state index contributed by atoms with van der Waals surface area (Å²) in [6.07, 6.45) is 3.27. The van der Waals surface area contributed by atoms with Crippen LogP contribution in [0.1, 0.15) is 26.3 Å². The van der Waals surface area contributed by atoms with E-state index in [9.17, 15) is 4.79 Å². The third kappa shape index (κ3) is 5.57. The molecule has 0 saturated heterocycles. The second kappa shape index (κ2) is 6.95. The van der Waals surface area contributed by atoms with Crippen LogP contribution in [-0.2, 0) is 4.79 Å². The van der Waals surface area contributed by atoms with Crippen molar-refractivity contribution in [2.24, 2.45) is 5.73 Å². The van der Waals surface area contributed by atoms with Crippen molar-refractivity contribution >= 4 is 12.0 Å². The van der Waals surface area contributed by atoms with Crippen LogP contribution < -0.4 is 15.8 Å². The smallest absolute Gasteiger partial charge is 0.244 e. The van der Waals surface area contributed by atoms with Crippen molar-refractivity contribution in [1.82, 2.24) is 5.32 Å². The largest absolute Gasteiger partial charge is 0.494 e. The van der Waals surface area contributed by atoms with Gasteiger partial charge in [0.25, 0.3) is 0 Å². The summed E-state index contributed by atoms with van der Waals surface area (Å²) in [5.74, 6) is 0.678. The van der Waals surface area contributed by atoms with Gasteiger partial charge in [0.05, 0.1) is 6.61 Å². The van der Waals surface area contributed by atoms with Crippen molar-refractivity contribution < 1.29 is 9.53 Å². The van der Waals surface area contributed by atoms with Crippen molar-refractivity contribution in [3.05, 3.63) is 35.9 Å². The van der Waals surface area contributed by atoms with Crippen LogP contribution >= 0.6 is 0 Å². The van der Waals surface area contributed by atoms with Crippen LogP contribution in [0.2, 0.25) is 0 Å². The second-order valence-electron chi connectivity index (χ2n) is 4.91. The zero-order valence-corrected chi connectivity index (χ0v) is 11.8. The Labute approximate surface area is 114 Å². The molecule has 0 fully saturated rings. The molecule has 3 N–H and O–H groups in total. The lowest BCUT2D eigenvalue weighted by Crippen LogP contribution is -2.48. The molecule has 1 aromatic carbocycles. The number of hydrogen-bond donors (Lipinski definition) is 2. The third-order valence-corrected chi connectivity index (χ3v) is 2.59. The van der Waals surface area contributed by atoms with Gasteiger partial charge in [0.2, 0.25) is 5.91 Å². The summed E-state index contributed by atoms with van der Waals surface area (Å²) in [5, 5.41) is 2.83. The van der Waals surface area contributed by atoms with Crippen LogP contribution in [0.3, 0.4) is 0 Å². The zero-order chi connectivity index (χ0) is 14.3. The van der Waals surface area contributed by atoms with E-state index in [0.717, 1.165) is 11.3 Å². The highest BCUT2D eigenvalue weighted by Crippen LogP contribution is 2.13. The van der Waals surface area contributed by atoms with Gasteiger partial charge in [-0.3, -0.25) is 4.79 Å². The molecule has 0 saturated carbocycles. The quantitative estimate of drug-likeness (QED) is 0.770. The molecule has 19 heavy (non-hydrogen) atoms. The maximum absolute atomic E-state index is 11.7. The summed E-state index contributed by atoms with van der Waals surface area (Å²) in [6, 6.07) is 7.57. The average Bonchev–Trinajstić information content (AvgIpc) is 2.38. The number of nitrogens with two attached hydrogens (primary N) is 1. The molecule has 0 heterocycles. The normalized spacial score (nSPS) is 11.6. The van der Waals surface area contributed by atoms with E-state index >= 15 is 0 Å². The van der Waals surface area contributed by atoms with Gasteiger partial charge in [-0.1, -0.05) is 12.1 Å². The molecule has 0 bridgehead atoms. The minimum atomic E-state index is -0.389. The van der Waals surface area contributed by atoms with E-state index in [2.05, 4.69) is 5.32 Å². The minimum Gasteiger partial charge on any atom is -0.494 e. The van der Waals surface area contributed by atoms with Gasteiger partial charge < -0.3 is 15.8 Å². The summed E-state index contributed by atoms with van der Waals surface area (Å²) >= 11 is 0. The highest BCUT2D eigenvalue weighted by molar-refractivity contribution is 5.92. The second-order valence-corrected chi connectivity index (χ2v) is 4.91. The van der Waals surface area contributed by atoms with E-state index in [-0.39, 0.29) is 11.4 Å². The topological polar surface area (TPSA) is 64.3 Å². The maximum Gasteiger partial charge on any atom is 0.244 e. The van der Waals surface area contributed by atoms with E-state index in [0.29, 0.717) is 13.2 Å². The number of hydrogen-bond acceptors (Lipinski definition) is 3. The van der Waals surface area contributed by atoms with Gasteiger partial charge in [0.15, 0.2) is 0 Å². The lowest BCUT2D eigenvalue weighted by molar-refractivity contribution is -0.117. The molecule has 0 radical (unpaired) electrons. The Bertz CT molecular complexity index is 436. The molecule has 0 atom stereocenters. The highest BCUT2D eigenvalue weighted by atomic mass is 16.5. The van der Waals surface area contributed by atoms with Crippen LogP contribution in [0, 0.1) is 0 Å². The Balaban J connectivity index is 2.58. The predicted molar refractivity (Wildman–Crippen MR) is 77.9 cm³/mol. The summed E-state index contributed by atoms with van der Waals surface area (Å²) in [4.78, 5) is 11.7. The number of ether oxygens (including phenoxy) is 1. The number of amides is 1. The molecule has 4 nitrogen and oxygen atoms in total. The number of benzene rings is 1. The van der Waals surface area contributed by atoms with Crippen molar-refractivity contribution in [3.63, 3.8) is 0 Å². The standard InChI is InChI=1S/C15H22N2O2/c1-4-19-13-8-5-12(6-9-13)7-10-14(18)17-15(2,3)11-16/h5-10H,4,11,16H2,1-3H3,(H,17,18)/b10-7+. The zero-order valence-electron chi connectivity index (χ0n) is 11.8. The summed E-state index contributed by atoms with van der Waals surface area (Å²) < 4.78 is 5.35. The van der Waals surface area contributed by atoms with Gasteiger partial charge in [-0.25, -0.2) is 0 Å². The molecule has 0 aromatic heterocycles. The molecule has 0 aliphatic carbocycles. The molecular formula is C15H22N2O2. The van der Waals surface area contributed by atoms with Gasteiger partial charge in [0.1, 0.15) is 5.75 Å². The van der Waals surface area contributed by atoms with E-state index in [4.69, 9.17) is 10.5 Å². The average molecular weight is 262 g/mol. The molecule has 4 heteroatoms. The Morgan fingerprint density at radius 1 is 1.37 bits per heavy atom. The third-order valence-electron chi connectivity index (χ3n) is 2.59. The monoisotopic (exact) mass is 262 g/mol.